The van der Waals surface area contributed by atoms with E-state index in [2.05, 4.69) is 23.8 Å². The van der Waals surface area contributed by atoms with Crippen LogP contribution < -0.4 is 5.63 Å². The Hall–Kier alpha value is -1.74. The maximum atomic E-state index is 13.1. The molecule has 2 aromatic rings. The first-order valence-electron chi connectivity index (χ1n) is 10.3. The molecule has 0 saturated carbocycles. The molecule has 7 nitrogen and oxygen atoms in total. The van der Waals surface area contributed by atoms with E-state index < -0.39 is 15.6 Å². The van der Waals surface area contributed by atoms with Crippen molar-refractivity contribution in [2.75, 3.05) is 46.3 Å². The van der Waals surface area contributed by atoms with Gasteiger partial charge >= 0.3 is 5.63 Å². The van der Waals surface area contributed by atoms with Gasteiger partial charge in [0.05, 0.1) is 4.90 Å². The molecule has 0 bridgehead atoms. The van der Waals surface area contributed by atoms with Gasteiger partial charge in [-0.1, -0.05) is 0 Å². The molecule has 2 fully saturated rings. The number of rotatable bonds is 4. The third-order valence-corrected chi connectivity index (χ3v) is 8.42. The standard InChI is InChI=1S/C21H29N3O4S/c1-16(23-13-11-22(2)12-14-23)17-7-9-24(10-8-17)29(26,27)19-4-5-20-18(15-19)3-6-21(25)28-20/h3-6,15-17H,7-14H2,1-2H3. The van der Waals surface area contributed by atoms with E-state index in [1.165, 1.54) is 12.1 Å². The highest BCUT2D eigenvalue weighted by molar-refractivity contribution is 7.89. The molecular weight excluding hydrogens is 390 g/mol. The number of piperazine rings is 1. The molecule has 0 N–H and O–H groups in total. The zero-order chi connectivity index (χ0) is 20.6. The summed E-state index contributed by atoms with van der Waals surface area (Å²) in [5.74, 6) is 0.524. The monoisotopic (exact) mass is 419 g/mol. The number of sulfonamides is 1. The van der Waals surface area contributed by atoms with E-state index >= 15 is 0 Å². The number of nitrogens with zero attached hydrogens (tertiary/aromatic N) is 3. The van der Waals surface area contributed by atoms with Crippen LogP contribution in [0.25, 0.3) is 11.0 Å². The molecule has 8 heteroatoms. The zero-order valence-electron chi connectivity index (χ0n) is 17.1. The highest BCUT2D eigenvalue weighted by Crippen LogP contribution is 2.29. The first-order chi connectivity index (χ1) is 13.8. The summed E-state index contributed by atoms with van der Waals surface area (Å²) in [6.07, 6.45) is 1.77. The van der Waals surface area contributed by atoms with Crippen LogP contribution in [0.2, 0.25) is 0 Å². The Bertz CT molecular complexity index is 1020. The lowest BCUT2D eigenvalue weighted by atomic mass is 9.90. The lowest BCUT2D eigenvalue weighted by molar-refractivity contribution is 0.0722. The number of fused-ring (bicyclic) bond motifs is 1. The molecule has 3 heterocycles. The van der Waals surface area contributed by atoms with Gasteiger partial charge in [-0.2, -0.15) is 4.31 Å². The molecule has 2 aliphatic rings. The minimum atomic E-state index is -3.55. The summed E-state index contributed by atoms with van der Waals surface area (Å²) >= 11 is 0. The Kier molecular flexibility index (Phi) is 5.79. The number of likely N-dealkylation sites (N-methyl/N-ethyl adjacent to an activating group) is 1. The predicted octanol–water partition coefficient (Wildman–Crippen LogP) is 1.83. The molecule has 0 aliphatic carbocycles. The largest absolute Gasteiger partial charge is 0.423 e. The molecule has 1 aromatic heterocycles. The van der Waals surface area contributed by atoms with Crippen molar-refractivity contribution in [1.29, 1.82) is 0 Å². The quantitative estimate of drug-likeness (QED) is 0.704. The number of piperidine rings is 1. The second-order valence-electron chi connectivity index (χ2n) is 8.28. The van der Waals surface area contributed by atoms with E-state index in [1.54, 1.807) is 22.5 Å². The zero-order valence-corrected chi connectivity index (χ0v) is 17.9. The third kappa shape index (κ3) is 4.26. The summed E-state index contributed by atoms with van der Waals surface area (Å²) in [4.78, 5) is 16.5. The van der Waals surface area contributed by atoms with Crippen molar-refractivity contribution in [2.45, 2.75) is 30.7 Å². The second-order valence-corrected chi connectivity index (χ2v) is 10.2. The van der Waals surface area contributed by atoms with E-state index in [9.17, 15) is 13.2 Å². The van der Waals surface area contributed by atoms with Crippen LogP contribution >= 0.6 is 0 Å². The first-order valence-corrected chi connectivity index (χ1v) is 11.8. The number of hydrogen-bond acceptors (Lipinski definition) is 6. The summed E-state index contributed by atoms with van der Waals surface area (Å²) < 4.78 is 33.0. The summed E-state index contributed by atoms with van der Waals surface area (Å²) in [6.45, 7) is 7.75. The van der Waals surface area contributed by atoms with Crippen molar-refractivity contribution in [2.24, 2.45) is 5.92 Å². The molecular formula is C21H29N3O4S. The highest BCUT2D eigenvalue weighted by atomic mass is 32.2. The van der Waals surface area contributed by atoms with Gasteiger partial charge in [0.15, 0.2) is 0 Å². The van der Waals surface area contributed by atoms with E-state index in [0.29, 0.717) is 36.0 Å². The molecule has 0 radical (unpaired) electrons. The SMILES string of the molecule is CC(C1CCN(S(=O)(=O)c2ccc3oc(=O)ccc3c2)CC1)N1CCN(C)CC1. The topological polar surface area (TPSA) is 74.1 Å². The molecule has 29 heavy (non-hydrogen) atoms. The minimum absolute atomic E-state index is 0.254. The Morgan fingerprint density at radius 3 is 2.38 bits per heavy atom. The van der Waals surface area contributed by atoms with Gasteiger partial charge in [-0.05, 0) is 57.0 Å². The van der Waals surface area contributed by atoms with Gasteiger partial charge in [0.25, 0.3) is 0 Å². The predicted molar refractivity (Wildman–Crippen MR) is 112 cm³/mol. The van der Waals surface area contributed by atoms with E-state index in [4.69, 9.17) is 4.42 Å². The average molecular weight is 420 g/mol. The fourth-order valence-electron chi connectivity index (χ4n) is 4.49. The Morgan fingerprint density at radius 2 is 1.69 bits per heavy atom. The third-order valence-electron chi connectivity index (χ3n) is 6.52. The first kappa shape index (κ1) is 20.5. The van der Waals surface area contributed by atoms with Gasteiger partial charge in [0.2, 0.25) is 10.0 Å². The summed E-state index contributed by atoms with van der Waals surface area (Å²) in [7, 11) is -1.39. The van der Waals surface area contributed by atoms with Gasteiger partial charge in [-0.25, -0.2) is 13.2 Å². The van der Waals surface area contributed by atoms with Crippen molar-refractivity contribution in [1.82, 2.24) is 14.1 Å². The van der Waals surface area contributed by atoms with Crippen molar-refractivity contribution >= 4 is 21.0 Å². The van der Waals surface area contributed by atoms with Crippen molar-refractivity contribution in [3.05, 3.63) is 40.8 Å². The van der Waals surface area contributed by atoms with Gasteiger partial charge in [-0.15, -0.1) is 0 Å². The van der Waals surface area contributed by atoms with Crippen LogP contribution in [0, 0.1) is 5.92 Å². The van der Waals surface area contributed by atoms with Crippen LogP contribution in [0.4, 0.5) is 0 Å². The molecule has 1 unspecified atom stereocenters. The molecule has 1 atom stereocenters. The molecule has 1 aromatic carbocycles. The van der Waals surface area contributed by atoms with E-state index in [1.807, 2.05) is 0 Å². The van der Waals surface area contributed by atoms with Crippen LogP contribution in [-0.4, -0.2) is 74.9 Å². The van der Waals surface area contributed by atoms with Crippen molar-refractivity contribution in [3.63, 3.8) is 0 Å². The van der Waals surface area contributed by atoms with Crippen molar-refractivity contribution in [3.8, 4) is 0 Å². The van der Waals surface area contributed by atoms with Gasteiger partial charge in [0.1, 0.15) is 5.58 Å². The van der Waals surface area contributed by atoms with Crippen LogP contribution in [0.1, 0.15) is 19.8 Å². The van der Waals surface area contributed by atoms with Crippen LogP contribution in [0.15, 0.2) is 44.4 Å². The fourth-order valence-corrected chi connectivity index (χ4v) is 5.99. The van der Waals surface area contributed by atoms with Crippen molar-refractivity contribution < 1.29 is 12.8 Å². The fraction of sp³-hybridized carbons (Fsp3) is 0.571. The highest BCUT2D eigenvalue weighted by Gasteiger charge is 2.33. The maximum absolute atomic E-state index is 13.1. The summed E-state index contributed by atoms with van der Waals surface area (Å²) in [5.41, 5.74) is -0.0409. The lowest BCUT2D eigenvalue weighted by Gasteiger charge is -2.42. The Morgan fingerprint density at radius 1 is 1.00 bits per heavy atom. The summed E-state index contributed by atoms with van der Waals surface area (Å²) in [6, 6.07) is 8.07. The van der Waals surface area contributed by atoms with Gasteiger partial charge < -0.3 is 9.32 Å². The number of benzene rings is 1. The summed E-state index contributed by atoms with van der Waals surface area (Å²) in [5, 5.41) is 0.615. The van der Waals surface area contributed by atoms with E-state index in [-0.39, 0.29) is 4.90 Å². The number of hydrogen-bond donors (Lipinski definition) is 0. The smallest absolute Gasteiger partial charge is 0.336 e. The Labute approximate surface area is 171 Å². The molecule has 2 aliphatic heterocycles. The molecule has 0 spiro atoms. The van der Waals surface area contributed by atoms with Gasteiger partial charge in [-0.3, -0.25) is 4.90 Å². The Balaban J connectivity index is 1.43. The van der Waals surface area contributed by atoms with E-state index in [0.717, 1.165) is 39.0 Å². The normalized spacial score (nSPS) is 22.1. The maximum Gasteiger partial charge on any atom is 0.336 e. The van der Waals surface area contributed by atoms with Gasteiger partial charge in [0, 0.05) is 56.8 Å². The molecule has 0 amide bonds. The second kappa shape index (κ2) is 8.18. The lowest BCUT2D eigenvalue weighted by Crippen LogP contribution is -2.52. The molecule has 4 rings (SSSR count). The van der Waals surface area contributed by atoms with Crippen LogP contribution in [0.3, 0.4) is 0 Å². The average Bonchev–Trinajstić information content (AvgIpc) is 2.73. The molecule has 158 valence electrons. The van der Waals surface area contributed by atoms with Crippen LogP contribution in [0.5, 0.6) is 0 Å². The van der Waals surface area contributed by atoms with Crippen LogP contribution in [-0.2, 0) is 10.0 Å². The minimum Gasteiger partial charge on any atom is -0.423 e. The molecule has 2 saturated heterocycles.